The van der Waals surface area contributed by atoms with E-state index in [0.29, 0.717) is 4.59 Å². The molecule has 5 rings (SSSR count). The van der Waals surface area contributed by atoms with E-state index in [-0.39, 0.29) is 0 Å². The molecule has 0 spiro atoms. The van der Waals surface area contributed by atoms with Gasteiger partial charge in [0.25, 0.3) is 0 Å². The van der Waals surface area contributed by atoms with Crippen LogP contribution in [0.4, 0.5) is 11.4 Å². The Labute approximate surface area is 169 Å². The maximum absolute atomic E-state index is 5.95. The molecule has 3 aromatic carbocycles. The van der Waals surface area contributed by atoms with Gasteiger partial charge in [0.2, 0.25) is 12.0 Å². The molecule has 0 saturated heterocycles. The lowest BCUT2D eigenvalue weighted by molar-refractivity contribution is -0.734. The van der Waals surface area contributed by atoms with Gasteiger partial charge in [-0.15, -0.1) is 4.59 Å². The summed E-state index contributed by atoms with van der Waals surface area (Å²) in [5, 5.41) is 2.20. The summed E-state index contributed by atoms with van der Waals surface area (Å²) in [6.45, 7) is 0. The van der Waals surface area contributed by atoms with Crippen molar-refractivity contribution in [1.82, 2.24) is 0 Å². The molecule has 0 aliphatic carbocycles. The summed E-state index contributed by atoms with van der Waals surface area (Å²) in [5.41, 5.74) is 3.03. The van der Waals surface area contributed by atoms with E-state index in [1.807, 2.05) is 85.6 Å². The first kappa shape index (κ1) is 17.2. The number of para-hydroxylation sites is 2. The van der Waals surface area contributed by atoms with Crippen LogP contribution in [0.25, 0.3) is 0 Å². The Morgan fingerprint density at radius 3 is 2.10 bits per heavy atom. The maximum atomic E-state index is 5.95. The molecule has 2 heterocycles. The smallest absolute Gasteiger partial charge is 0.225 e. The minimum absolute atomic E-state index is 0.326. The fraction of sp³-hybridized carbons (Fsp3) is 0. The van der Waals surface area contributed by atoms with E-state index in [1.54, 1.807) is 6.20 Å². The lowest BCUT2D eigenvalue weighted by atomic mass is 10.2. The third-order valence-corrected chi connectivity index (χ3v) is 4.84. The highest BCUT2D eigenvalue weighted by Gasteiger charge is 2.42. The van der Waals surface area contributed by atoms with Crippen molar-refractivity contribution in [3.63, 3.8) is 0 Å². The molecule has 0 fully saturated rings. The molecule has 0 aromatic heterocycles. The highest BCUT2D eigenvalue weighted by atomic mass is 16.5. The van der Waals surface area contributed by atoms with Crippen LogP contribution in [0.3, 0.4) is 0 Å². The van der Waals surface area contributed by atoms with Gasteiger partial charge in [-0.05, 0) is 48.5 Å². The second-order valence-corrected chi connectivity index (χ2v) is 6.69. The molecule has 5 heteroatoms. The van der Waals surface area contributed by atoms with Gasteiger partial charge < -0.3 is 4.74 Å². The van der Waals surface area contributed by atoms with Gasteiger partial charge >= 0.3 is 0 Å². The number of anilines is 2. The van der Waals surface area contributed by atoms with Crippen LogP contribution in [-0.2, 0) is 0 Å². The van der Waals surface area contributed by atoms with E-state index in [2.05, 4.69) is 39.3 Å². The topological polar surface area (TPSA) is 37.2 Å². The second-order valence-electron chi connectivity index (χ2n) is 6.69. The first-order valence-corrected chi connectivity index (χ1v) is 9.38. The van der Waals surface area contributed by atoms with Crippen LogP contribution >= 0.6 is 0 Å². The van der Waals surface area contributed by atoms with Gasteiger partial charge in [0.15, 0.2) is 6.20 Å². The average Bonchev–Trinajstić information content (AvgIpc) is 3.21. The first-order chi connectivity index (χ1) is 14.4. The molecule has 1 atom stereocenters. The molecule has 2 aliphatic heterocycles. The molecular weight excluding hydrogens is 360 g/mol. The van der Waals surface area contributed by atoms with Gasteiger partial charge in [-0.3, -0.25) is 4.99 Å². The third-order valence-electron chi connectivity index (χ3n) is 4.84. The standard InChI is InChI=1S/C24H19N4O/c1-3-7-20(8-4-1)27(28-16-15-25-17-22(28)18-26-19-28)21-11-13-24(14-12-21)29-23-9-5-2-6-10-23/h1-19H/q+1. The van der Waals surface area contributed by atoms with Gasteiger partial charge in [0.1, 0.15) is 11.5 Å². The minimum atomic E-state index is 0.326. The van der Waals surface area contributed by atoms with Crippen molar-refractivity contribution < 1.29 is 9.33 Å². The lowest BCUT2D eigenvalue weighted by Crippen LogP contribution is -2.52. The van der Waals surface area contributed by atoms with Crippen LogP contribution in [0.15, 0.2) is 119 Å². The Morgan fingerprint density at radius 2 is 1.34 bits per heavy atom. The van der Waals surface area contributed by atoms with E-state index in [0.717, 1.165) is 28.6 Å². The Hall–Kier alpha value is -3.96. The highest BCUT2D eigenvalue weighted by Crippen LogP contribution is 2.38. The Kier molecular flexibility index (Phi) is 4.27. The van der Waals surface area contributed by atoms with Crippen LogP contribution in [-0.4, -0.2) is 17.1 Å². The van der Waals surface area contributed by atoms with E-state index < -0.39 is 0 Å². The van der Waals surface area contributed by atoms with E-state index in [9.17, 15) is 0 Å². The number of allylic oxidation sites excluding steroid dienone is 1. The number of ether oxygens (including phenoxy) is 1. The van der Waals surface area contributed by atoms with Crippen molar-refractivity contribution in [3.8, 4) is 11.5 Å². The van der Waals surface area contributed by atoms with Crippen LogP contribution in [0.5, 0.6) is 11.5 Å². The molecule has 29 heavy (non-hydrogen) atoms. The van der Waals surface area contributed by atoms with Crippen LogP contribution in [0.1, 0.15) is 0 Å². The summed E-state index contributed by atoms with van der Waals surface area (Å²) in [7, 11) is 0. The van der Waals surface area contributed by atoms with Gasteiger partial charge in [-0.1, -0.05) is 36.4 Å². The zero-order chi connectivity index (χ0) is 19.5. The quantitative estimate of drug-likeness (QED) is 0.526. The summed E-state index contributed by atoms with van der Waals surface area (Å²) in [6.07, 6.45) is 9.41. The predicted octanol–water partition coefficient (Wildman–Crippen LogP) is 5.79. The molecule has 140 valence electrons. The number of rotatable bonds is 5. The Bertz CT molecular complexity index is 1120. The summed E-state index contributed by atoms with van der Waals surface area (Å²) < 4.78 is 6.28. The number of nitrogens with zero attached hydrogens (tertiary/aromatic N) is 4. The molecule has 0 N–H and O–H groups in total. The molecule has 5 nitrogen and oxygen atoms in total. The van der Waals surface area contributed by atoms with Crippen LogP contribution < -0.4 is 9.75 Å². The first-order valence-electron chi connectivity index (χ1n) is 9.38. The molecule has 0 amide bonds. The van der Waals surface area contributed by atoms with Gasteiger partial charge in [0, 0.05) is 0 Å². The third kappa shape index (κ3) is 3.13. The van der Waals surface area contributed by atoms with Gasteiger partial charge in [-0.25, -0.2) is 4.99 Å². The number of quaternary nitrogens is 1. The summed E-state index contributed by atoms with van der Waals surface area (Å²) in [4.78, 5) is 8.70. The molecule has 2 aliphatic rings. The largest absolute Gasteiger partial charge is 0.457 e. The summed E-state index contributed by atoms with van der Waals surface area (Å²) in [6, 6.07) is 28.1. The van der Waals surface area contributed by atoms with E-state index in [1.165, 1.54) is 0 Å². The minimum Gasteiger partial charge on any atom is -0.457 e. The van der Waals surface area contributed by atoms with Crippen LogP contribution in [0, 0.1) is 0 Å². The van der Waals surface area contributed by atoms with Gasteiger partial charge in [0.05, 0.1) is 30.0 Å². The van der Waals surface area contributed by atoms with E-state index in [4.69, 9.17) is 4.74 Å². The van der Waals surface area contributed by atoms with Gasteiger partial charge in [-0.2, -0.15) is 5.01 Å². The molecule has 0 bridgehead atoms. The summed E-state index contributed by atoms with van der Waals surface area (Å²) in [5.74, 6) is 1.60. The number of hydrogen-bond acceptors (Lipinski definition) is 4. The predicted molar refractivity (Wildman–Crippen MR) is 116 cm³/mol. The number of fused-ring (bicyclic) bond motifs is 1. The van der Waals surface area contributed by atoms with Crippen molar-refractivity contribution in [2.75, 3.05) is 5.01 Å². The Morgan fingerprint density at radius 1 is 0.690 bits per heavy atom. The van der Waals surface area contributed by atoms with Crippen LogP contribution in [0.2, 0.25) is 0 Å². The molecular formula is C24H19N4O+. The fourth-order valence-electron chi connectivity index (χ4n) is 3.49. The van der Waals surface area contributed by atoms with Crippen molar-refractivity contribution in [1.29, 1.82) is 0 Å². The molecule has 0 radical (unpaired) electrons. The zero-order valence-corrected chi connectivity index (χ0v) is 15.7. The molecule has 0 saturated carbocycles. The maximum Gasteiger partial charge on any atom is 0.225 e. The lowest BCUT2D eigenvalue weighted by Gasteiger charge is -2.39. The van der Waals surface area contributed by atoms with Crippen molar-refractivity contribution in [2.24, 2.45) is 9.98 Å². The monoisotopic (exact) mass is 379 g/mol. The fourth-order valence-corrected chi connectivity index (χ4v) is 3.49. The van der Waals surface area contributed by atoms with Crippen molar-refractivity contribution >= 4 is 23.9 Å². The zero-order valence-electron chi connectivity index (χ0n) is 15.7. The van der Waals surface area contributed by atoms with Crippen molar-refractivity contribution in [3.05, 3.63) is 109 Å². The highest BCUT2D eigenvalue weighted by molar-refractivity contribution is 5.83. The summed E-state index contributed by atoms with van der Waals surface area (Å²) >= 11 is 0. The molecule has 1 unspecified atom stereocenters. The Balaban J connectivity index is 1.54. The number of hydrogen-bond donors (Lipinski definition) is 0. The van der Waals surface area contributed by atoms with Crippen molar-refractivity contribution in [2.45, 2.75) is 0 Å². The SMILES string of the molecule is C1=C[N+]2(N(c3ccccc3)c3ccc(Oc4ccccc4)cc3)C=NC=C2C=N1. The second kappa shape index (κ2) is 7.22. The normalized spacial score (nSPS) is 19.0. The number of aliphatic imine (C=N–C) groups is 2. The molecule has 3 aromatic rings. The van der Waals surface area contributed by atoms with E-state index >= 15 is 0 Å². The number of benzene rings is 3. The average molecular weight is 379 g/mol.